The van der Waals surface area contributed by atoms with Gasteiger partial charge in [-0.15, -0.1) is 0 Å². The molecule has 23 heavy (non-hydrogen) atoms. The number of hydrogen-bond donors (Lipinski definition) is 2. The third-order valence-corrected chi connectivity index (χ3v) is 4.33. The molecule has 122 valence electrons. The van der Waals surface area contributed by atoms with Gasteiger partial charge in [-0.3, -0.25) is 4.98 Å². The normalized spacial score (nSPS) is 12.4. The maximum absolute atomic E-state index is 13.8. The Kier molecular flexibility index (Phi) is 5.51. The average molecular weight is 315 g/mol. The van der Waals surface area contributed by atoms with Crippen molar-refractivity contribution in [2.75, 3.05) is 11.9 Å². The van der Waals surface area contributed by atoms with Gasteiger partial charge in [0, 0.05) is 18.1 Å². The number of pyridine rings is 1. The van der Waals surface area contributed by atoms with Crippen LogP contribution < -0.4 is 5.32 Å². The van der Waals surface area contributed by atoms with Gasteiger partial charge in [-0.1, -0.05) is 26.7 Å². The van der Waals surface area contributed by atoms with Gasteiger partial charge in [-0.05, 0) is 30.5 Å². The first-order valence-corrected chi connectivity index (χ1v) is 7.92. The highest BCUT2D eigenvalue weighted by Gasteiger charge is 2.17. The van der Waals surface area contributed by atoms with Crippen molar-refractivity contribution in [1.29, 1.82) is 5.26 Å². The van der Waals surface area contributed by atoms with E-state index in [-0.39, 0.29) is 11.7 Å². The molecule has 1 atom stereocenters. The monoisotopic (exact) mass is 315 g/mol. The number of anilines is 1. The molecule has 0 bridgehead atoms. The molecule has 0 radical (unpaired) electrons. The number of benzene rings is 1. The van der Waals surface area contributed by atoms with Crippen LogP contribution in [0, 0.1) is 30.0 Å². The van der Waals surface area contributed by atoms with E-state index < -0.39 is 6.10 Å². The second kappa shape index (κ2) is 7.38. The highest BCUT2D eigenvalue weighted by molar-refractivity contribution is 5.95. The number of fused-ring (bicyclic) bond motifs is 1. The zero-order chi connectivity index (χ0) is 17.0. The van der Waals surface area contributed by atoms with Crippen molar-refractivity contribution in [3.05, 3.63) is 35.3 Å². The highest BCUT2D eigenvalue weighted by atomic mass is 19.1. The van der Waals surface area contributed by atoms with Crippen molar-refractivity contribution in [3.63, 3.8) is 0 Å². The van der Waals surface area contributed by atoms with Gasteiger partial charge in [0.25, 0.3) is 0 Å². The number of nitrogens with one attached hydrogen (secondary N) is 1. The molecule has 0 fully saturated rings. The largest absolute Gasteiger partial charge is 0.391 e. The molecule has 1 aromatic heterocycles. The molecule has 0 aliphatic rings. The number of aromatic nitrogens is 1. The van der Waals surface area contributed by atoms with Crippen LogP contribution in [0.1, 0.15) is 37.8 Å². The Balaban J connectivity index is 2.40. The minimum Gasteiger partial charge on any atom is -0.391 e. The van der Waals surface area contributed by atoms with Gasteiger partial charge in [0.1, 0.15) is 11.9 Å². The summed E-state index contributed by atoms with van der Waals surface area (Å²) in [5, 5.41) is 23.3. The van der Waals surface area contributed by atoms with Crippen LogP contribution in [0.2, 0.25) is 0 Å². The maximum Gasteiger partial charge on any atom is 0.124 e. The summed E-state index contributed by atoms with van der Waals surface area (Å²) in [6, 6.07) is 4.88. The second-order valence-electron chi connectivity index (χ2n) is 5.80. The van der Waals surface area contributed by atoms with E-state index in [0.29, 0.717) is 34.3 Å². The number of aliphatic hydroxyl groups excluding tert-OH is 1. The molecular formula is C18H22FN3O. The Morgan fingerprint density at radius 1 is 1.35 bits per heavy atom. The van der Waals surface area contributed by atoms with E-state index in [1.807, 2.05) is 13.8 Å². The van der Waals surface area contributed by atoms with E-state index in [0.717, 1.165) is 12.8 Å². The first kappa shape index (κ1) is 17.2. The van der Waals surface area contributed by atoms with Crippen LogP contribution in [0.15, 0.2) is 18.3 Å². The molecule has 4 nitrogen and oxygen atoms in total. The lowest BCUT2D eigenvalue weighted by Crippen LogP contribution is -2.28. The Labute approximate surface area is 136 Å². The quantitative estimate of drug-likeness (QED) is 0.851. The minimum absolute atomic E-state index is 0.194. The lowest BCUT2D eigenvalue weighted by atomic mass is 9.96. The van der Waals surface area contributed by atoms with E-state index in [2.05, 4.69) is 16.4 Å². The molecule has 0 aliphatic carbocycles. The van der Waals surface area contributed by atoms with E-state index in [1.54, 1.807) is 6.92 Å². The fourth-order valence-corrected chi connectivity index (χ4v) is 2.92. The second-order valence-corrected chi connectivity index (χ2v) is 5.80. The summed E-state index contributed by atoms with van der Waals surface area (Å²) >= 11 is 0. The Morgan fingerprint density at radius 2 is 2.04 bits per heavy atom. The van der Waals surface area contributed by atoms with E-state index in [4.69, 9.17) is 0 Å². The van der Waals surface area contributed by atoms with Crippen LogP contribution in [-0.2, 0) is 0 Å². The van der Waals surface area contributed by atoms with Crippen LogP contribution in [0.3, 0.4) is 0 Å². The Hall–Kier alpha value is -2.19. The van der Waals surface area contributed by atoms with Crippen molar-refractivity contribution in [2.24, 2.45) is 5.92 Å². The molecule has 1 unspecified atom stereocenters. The number of hydrogen-bond acceptors (Lipinski definition) is 4. The van der Waals surface area contributed by atoms with Crippen LogP contribution in [0.4, 0.5) is 10.1 Å². The first-order chi connectivity index (χ1) is 11.0. The van der Waals surface area contributed by atoms with Crippen LogP contribution in [0.5, 0.6) is 0 Å². The maximum atomic E-state index is 13.8. The number of rotatable bonds is 6. The van der Waals surface area contributed by atoms with Crippen molar-refractivity contribution >= 4 is 16.6 Å². The van der Waals surface area contributed by atoms with E-state index in [1.165, 1.54) is 18.3 Å². The molecule has 0 spiro atoms. The molecule has 0 aliphatic heterocycles. The zero-order valence-electron chi connectivity index (χ0n) is 13.7. The van der Waals surface area contributed by atoms with Gasteiger partial charge in [0.05, 0.1) is 22.9 Å². The Bertz CT molecular complexity index is 735. The van der Waals surface area contributed by atoms with Crippen LogP contribution in [0.25, 0.3) is 10.9 Å². The smallest absolute Gasteiger partial charge is 0.124 e. The van der Waals surface area contributed by atoms with E-state index >= 15 is 0 Å². The number of aliphatic hydroxyl groups is 1. The van der Waals surface area contributed by atoms with Gasteiger partial charge < -0.3 is 10.4 Å². The number of halogens is 1. The van der Waals surface area contributed by atoms with Crippen molar-refractivity contribution in [2.45, 2.75) is 39.7 Å². The van der Waals surface area contributed by atoms with Crippen molar-refractivity contribution in [3.8, 4) is 6.07 Å². The van der Waals surface area contributed by atoms with Gasteiger partial charge in [0.2, 0.25) is 0 Å². The number of nitriles is 1. The molecule has 2 aromatic rings. The molecule has 2 rings (SSSR count). The molecule has 5 heteroatoms. The first-order valence-electron chi connectivity index (χ1n) is 7.92. The summed E-state index contributed by atoms with van der Waals surface area (Å²) < 4.78 is 13.8. The van der Waals surface area contributed by atoms with Crippen molar-refractivity contribution < 1.29 is 9.50 Å². The minimum atomic E-state index is -0.519. The van der Waals surface area contributed by atoms with Gasteiger partial charge in [-0.25, -0.2) is 4.39 Å². The summed E-state index contributed by atoms with van der Waals surface area (Å²) in [6.45, 7) is 6.18. The molecule has 0 saturated heterocycles. The predicted octanol–water partition coefficient (Wildman–Crippen LogP) is 3.76. The van der Waals surface area contributed by atoms with Crippen molar-refractivity contribution in [1.82, 2.24) is 4.98 Å². The molecule has 2 N–H and O–H groups in total. The van der Waals surface area contributed by atoms with Gasteiger partial charge in [0.15, 0.2) is 0 Å². The molecule has 0 amide bonds. The summed E-state index contributed by atoms with van der Waals surface area (Å²) in [5.41, 5.74) is 2.25. The number of aryl methyl sites for hydroxylation is 1. The average Bonchev–Trinajstić information content (AvgIpc) is 2.53. The van der Waals surface area contributed by atoms with Crippen LogP contribution >= 0.6 is 0 Å². The molecular weight excluding hydrogens is 293 g/mol. The third-order valence-electron chi connectivity index (χ3n) is 4.33. The SMILES string of the molecule is CCC(CC)C(O)CNc1c(C#N)cnc2c(C)cc(F)cc12. The molecule has 0 saturated carbocycles. The summed E-state index contributed by atoms with van der Waals surface area (Å²) in [4.78, 5) is 4.26. The van der Waals surface area contributed by atoms with Gasteiger partial charge in [-0.2, -0.15) is 5.26 Å². The zero-order valence-corrected chi connectivity index (χ0v) is 13.7. The summed E-state index contributed by atoms with van der Waals surface area (Å²) in [5.74, 6) is -0.171. The Morgan fingerprint density at radius 3 is 2.65 bits per heavy atom. The highest BCUT2D eigenvalue weighted by Crippen LogP contribution is 2.29. The van der Waals surface area contributed by atoms with E-state index in [9.17, 15) is 14.8 Å². The van der Waals surface area contributed by atoms with Crippen LogP contribution in [-0.4, -0.2) is 22.7 Å². The third kappa shape index (κ3) is 3.59. The molecule has 1 aromatic carbocycles. The lowest BCUT2D eigenvalue weighted by Gasteiger charge is -2.22. The lowest BCUT2D eigenvalue weighted by molar-refractivity contribution is 0.114. The summed E-state index contributed by atoms with van der Waals surface area (Å²) in [7, 11) is 0. The predicted molar refractivity (Wildman–Crippen MR) is 89.7 cm³/mol. The standard InChI is InChI=1S/C18H22FN3O/c1-4-12(5-2)16(23)10-22-18-13(8-20)9-21-17-11(3)6-14(19)7-15(17)18/h6-7,9,12,16,23H,4-5,10H2,1-3H3,(H,21,22). The van der Waals surface area contributed by atoms with Gasteiger partial charge >= 0.3 is 0 Å². The molecule has 1 heterocycles. The summed E-state index contributed by atoms with van der Waals surface area (Å²) in [6.07, 6.45) is 2.73. The number of nitrogens with zero attached hydrogens (tertiary/aromatic N) is 2. The fraction of sp³-hybridized carbons (Fsp3) is 0.444. The topological polar surface area (TPSA) is 68.9 Å². The fourth-order valence-electron chi connectivity index (χ4n) is 2.92.